The van der Waals surface area contributed by atoms with Crippen LogP contribution < -0.4 is 4.74 Å². The van der Waals surface area contributed by atoms with Crippen LogP contribution in [0.1, 0.15) is 18.1 Å². The smallest absolute Gasteiger partial charge is 0.127 e. The molecule has 0 radical (unpaired) electrons. The second kappa shape index (κ2) is 5.37. The third kappa shape index (κ3) is 3.10. The molecule has 0 amide bonds. The summed E-state index contributed by atoms with van der Waals surface area (Å²) in [6.45, 7) is 4.20. The van der Waals surface area contributed by atoms with Crippen LogP contribution in [-0.2, 0) is 6.42 Å². The second-order valence-electron chi connectivity index (χ2n) is 4.01. The van der Waals surface area contributed by atoms with Crippen molar-refractivity contribution in [1.82, 2.24) is 0 Å². The Kier molecular flexibility index (Phi) is 3.85. The number of ether oxygens (including phenoxy) is 1. The van der Waals surface area contributed by atoms with Crippen molar-refractivity contribution in [2.75, 3.05) is 0 Å². The number of aryl methyl sites for hydroxylation is 2. The number of rotatable bonds is 3. The largest absolute Gasteiger partial charge is 0.457 e. The van der Waals surface area contributed by atoms with Crippen LogP contribution in [-0.4, -0.2) is 0 Å². The minimum Gasteiger partial charge on any atom is -0.457 e. The topological polar surface area (TPSA) is 9.23 Å². The maximum Gasteiger partial charge on any atom is 0.127 e. The van der Waals surface area contributed by atoms with Gasteiger partial charge in [0.15, 0.2) is 0 Å². The maximum atomic E-state index is 5.79. The lowest BCUT2D eigenvalue weighted by molar-refractivity contribution is 0.482. The van der Waals surface area contributed by atoms with Crippen LogP contribution in [0.3, 0.4) is 0 Å². The first-order valence-corrected chi connectivity index (χ1v) is 6.51. The lowest BCUT2D eigenvalue weighted by Gasteiger charge is -2.07. The molecule has 0 bridgehead atoms. The molecule has 0 aromatic heterocycles. The molecule has 2 aromatic carbocycles. The van der Waals surface area contributed by atoms with E-state index in [1.54, 1.807) is 0 Å². The Morgan fingerprint density at radius 2 is 1.65 bits per heavy atom. The summed E-state index contributed by atoms with van der Waals surface area (Å²) in [5.41, 5.74) is 2.50. The summed E-state index contributed by atoms with van der Waals surface area (Å²) >= 11 is 3.48. The normalized spacial score (nSPS) is 10.3. The molecule has 0 aliphatic carbocycles. The molecule has 0 atom stereocenters. The average molecular weight is 291 g/mol. The van der Waals surface area contributed by atoms with E-state index in [1.165, 1.54) is 11.1 Å². The van der Waals surface area contributed by atoms with Crippen molar-refractivity contribution in [2.24, 2.45) is 0 Å². The van der Waals surface area contributed by atoms with Crippen LogP contribution in [0.5, 0.6) is 11.5 Å². The molecule has 0 aliphatic rings. The average Bonchev–Trinajstić information content (AvgIpc) is 2.35. The molecular weight excluding hydrogens is 276 g/mol. The predicted octanol–water partition coefficient (Wildman–Crippen LogP) is 5.11. The molecule has 0 spiro atoms. The van der Waals surface area contributed by atoms with Gasteiger partial charge in [-0.2, -0.15) is 0 Å². The van der Waals surface area contributed by atoms with Crippen LogP contribution >= 0.6 is 15.9 Å². The van der Waals surface area contributed by atoms with Crippen molar-refractivity contribution in [3.05, 3.63) is 58.1 Å². The van der Waals surface area contributed by atoms with E-state index in [1.807, 2.05) is 30.3 Å². The fraction of sp³-hybridized carbons (Fsp3) is 0.200. The molecule has 0 heterocycles. The van der Waals surface area contributed by atoms with Gasteiger partial charge in [-0.05, 0) is 54.8 Å². The van der Waals surface area contributed by atoms with E-state index < -0.39 is 0 Å². The molecule has 0 saturated heterocycles. The molecule has 0 N–H and O–H groups in total. The zero-order chi connectivity index (χ0) is 12.3. The molecule has 0 fully saturated rings. The Bertz CT molecular complexity index is 503. The SMILES string of the molecule is CCc1ccc(Oc2ccc(Br)c(C)c2)cc1. The Balaban J connectivity index is 2.16. The van der Waals surface area contributed by atoms with E-state index in [9.17, 15) is 0 Å². The summed E-state index contributed by atoms with van der Waals surface area (Å²) < 4.78 is 6.90. The quantitative estimate of drug-likeness (QED) is 0.763. The zero-order valence-corrected chi connectivity index (χ0v) is 11.6. The summed E-state index contributed by atoms with van der Waals surface area (Å²) in [6, 6.07) is 14.2. The minimum atomic E-state index is 0.870. The van der Waals surface area contributed by atoms with Gasteiger partial charge in [-0.1, -0.05) is 35.0 Å². The Labute approximate surface area is 111 Å². The van der Waals surface area contributed by atoms with E-state index in [4.69, 9.17) is 4.74 Å². The van der Waals surface area contributed by atoms with Crippen LogP contribution in [0, 0.1) is 6.92 Å². The summed E-state index contributed by atoms with van der Waals surface area (Å²) in [7, 11) is 0. The van der Waals surface area contributed by atoms with E-state index in [2.05, 4.69) is 41.9 Å². The molecule has 2 heteroatoms. The van der Waals surface area contributed by atoms with Gasteiger partial charge in [0.2, 0.25) is 0 Å². The van der Waals surface area contributed by atoms with E-state index in [0.29, 0.717) is 0 Å². The molecule has 88 valence electrons. The van der Waals surface area contributed by atoms with Crippen LogP contribution in [0.15, 0.2) is 46.9 Å². The molecule has 0 saturated carbocycles. The number of halogens is 1. The van der Waals surface area contributed by atoms with Crippen LogP contribution in [0.25, 0.3) is 0 Å². The van der Waals surface area contributed by atoms with Gasteiger partial charge in [0.25, 0.3) is 0 Å². The first-order chi connectivity index (χ1) is 8.19. The highest BCUT2D eigenvalue weighted by molar-refractivity contribution is 9.10. The molecule has 0 aliphatic heterocycles. The summed E-state index contributed by atoms with van der Waals surface area (Å²) in [5.74, 6) is 1.75. The fourth-order valence-electron chi connectivity index (χ4n) is 1.61. The van der Waals surface area contributed by atoms with Gasteiger partial charge in [0, 0.05) is 4.47 Å². The van der Waals surface area contributed by atoms with Gasteiger partial charge < -0.3 is 4.74 Å². The fourth-order valence-corrected chi connectivity index (χ4v) is 1.86. The molecule has 2 rings (SSSR count). The maximum absolute atomic E-state index is 5.79. The predicted molar refractivity (Wildman–Crippen MR) is 74.8 cm³/mol. The standard InChI is InChI=1S/C15H15BrO/c1-3-12-4-6-13(7-5-12)17-14-8-9-15(16)11(2)10-14/h4-10H,3H2,1-2H3. The Morgan fingerprint density at radius 3 is 2.24 bits per heavy atom. The first-order valence-electron chi connectivity index (χ1n) is 5.72. The molecule has 17 heavy (non-hydrogen) atoms. The highest BCUT2D eigenvalue weighted by Crippen LogP contribution is 2.26. The van der Waals surface area contributed by atoms with Gasteiger partial charge >= 0.3 is 0 Å². The third-order valence-corrected chi connectivity index (χ3v) is 3.59. The number of hydrogen-bond donors (Lipinski definition) is 0. The zero-order valence-electron chi connectivity index (χ0n) is 10.0. The van der Waals surface area contributed by atoms with Crippen molar-refractivity contribution < 1.29 is 4.74 Å². The summed E-state index contributed by atoms with van der Waals surface area (Å²) in [4.78, 5) is 0. The first kappa shape index (κ1) is 12.2. The second-order valence-corrected chi connectivity index (χ2v) is 4.86. The van der Waals surface area contributed by atoms with E-state index >= 15 is 0 Å². The monoisotopic (exact) mass is 290 g/mol. The summed E-state index contributed by atoms with van der Waals surface area (Å²) in [5, 5.41) is 0. The van der Waals surface area contributed by atoms with E-state index in [0.717, 1.165) is 22.4 Å². The molecule has 2 aromatic rings. The van der Waals surface area contributed by atoms with Crippen molar-refractivity contribution >= 4 is 15.9 Å². The molecule has 1 nitrogen and oxygen atoms in total. The van der Waals surface area contributed by atoms with Gasteiger partial charge in [-0.3, -0.25) is 0 Å². The highest BCUT2D eigenvalue weighted by Gasteiger charge is 2.00. The summed E-state index contributed by atoms with van der Waals surface area (Å²) in [6.07, 6.45) is 1.05. The minimum absolute atomic E-state index is 0.870. The van der Waals surface area contributed by atoms with Crippen LogP contribution in [0.4, 0.5) is 0 Å². The lowest BCUT2D eigenvalue weighted by Crippen LogP contribution is -1.86. The number of hydrogen-bond acceptors (Lipinski definition) is 1. The number of benzene rings is 2. The van der Waals surface area contributed by atoms with Crippen molar-refractivity contribution in [3.8, 4) is 11.5 Å². The molecule has 0 unspecified atom stereocenters. The van der Waals surface area contributed by atoms with Gasteiger partial charge in [0.05, 0.1) is 0 Å². The van der Waals surface area contributed by atoms with Gasteiger partial charge in [-0.15, -0.1) is 0 Å². The molecular formula is C15H15BrO. The van der Waals surface area contributed by atoms with Crippen molar-refractivity contribution in [3.63, 3.8) is 0 Å². The highest BCUT2D eigenvalue weighted by atomic mass is 79.9. The Hall–Kier alpha value is -1.28. The van der Waals surface area contributed by atoms with Crippen LogP contribution in [0.2, 0.25) is 0 Å². The van der Waals surface area contributed by atoms with Gasteiger partial charge in [-0.25, -0.2) is 0 Å². The lowest BCUT2D eigenvalue weighted by atomic mass is 10.2. The van der Waals surface area contributed by atoms with E-state index in [-0.39, 0.29) is 0 Å². The van der Waals surface area contributed by atoms with Gasteiger partial charge in [0.1, 0.15) is 11.5 Å². The van der Waals surface area contributed by atoms with Crippen molar-refractivity contribution in [1.29, 1.82) is 0 Å². The van der Waals surface area contributed by atoms with Crippen molar-refractivity contribution in [2.45, 2.75) is 20.3 Å². The Morgan fingerprint density at radius 1 is 1.00 bits per heavy atom. The third-order valence-electron chi connectivity index (χ3n) is 2.70.